The van der Waals surface area contributed by atoms with Crippen LogP contribution < -0.4 is 0 Å². The number of carbonyl (C=O) groups excluding carboxylic acids is 1. The van der Waals surface area contributed by atoms with Crippen LogP contribution in [0.1, 0.15) is 22.5 Å². The fraction of sp³-hybridized carbons (Fsp3) is 0.273. The molecule has 1 aliphatic rings. The predicted octanol–water partition coefficient (Wildman–Crippen LogP) is 2.81. The third-order valence-corrected chi connectivity index (χ3v) is 6.94. The van der Waals surface area contributed by atoms with Gasteiger partial charge < -0.3 is 4.74 Å². The highest BCUT2D eigenvalue weighted by atomic mass is 32.2. The molecule has 0 spiro atoms. The fourth-order valence-corrected chi connectivity index (χ4v) is 5.26. The van der Waals surface area contributed by atoms with Crippen molar-refractivity contribution in [1.29, 1.82) is 5.26 Å². The Kier molecular flexibility index (Phi) is 5.68. The number of ether oxygens (including phenoxy) is 1. The summed E-state index contributed by atoms with van der Waals surface area (Å²) in [6.45, 7) is 3.53. The highest BCUT2D eigenvalue weighted by molar-refractivity contribution is 7.90. The molecule has 0 amide bonds. The molecular formula is C22H21N3O4S. The van der Waals surface area contributed by atoms with Gasteiger partial charge in [0.05, 0.1) is 29.7 Å². The first kappa shape index (κ1) is 20.3. The minimum Gasteiger partial charge on any atom is -0.379 e. The molecule has 0 aliphatic carbocycles. The van der Waals surface area contributed by atoms with Gasteiger partial charge in [0, 0.05) is 25.0 Å². The lowest BCUT2D eigenvalue weighted by Crippen LogP contribution is -2.35. The molecule has 0 atom stereocenters. The smallest absolute Gasteiger partial charge is 0.268 e. The average molecular weight is 423 g/mol. The van der Waals surface area contributed by atoms with Crippen molar-refractivity contribution >= 4 is 26.7 Å². The highest BCUT2D eigenvalue weighted by Gasteiger charge is 2.27. The Labute approximate surface area is 175 Å². The molecule has 2 heterocycles. The second-order valence-corrected chi connectivity index (χ2v) is 8.90. The molecule has 0 bridgehead atoms. The van der Waals surface area contributed by atoms with E-state index in [9.17, 15) is 13.2 Å². The standard InChI is InChI=1S/C22H21N3O4S/c23-10-9-22(26)21-15-19-17(16-24-11-13-29-14-12-24)5-4-8-20(19)25(21)30(27,28)18-6-2-1-3-7-18/h1-8,15H,9,11-14,16H2. The van der Waals surface area contributed by atoms with Crippen LogP contribution in [0.4, 0.5) is 0 Å². The zero-order valence-corrected chi connectivity index (χ0v) is 17.1. The van der Waals surface area contributed by atoms with E-state index in [0.717, 1.165) is 22.6 Å². The van der Waals surface area contributed by atoms with Crippen LogP contribution in [0.25, 0.3) is 10.9 Å². The van der Waals surface area contributed by atoms with Gasteiger partial charge in [0.1, 0.15) is 12.1 Å². The van der Waals surface area contributed by atoms with Crippen LogP contribution in [0.5, 0.6) is 0 Å². The van der Waals surface area contributed by atoms with E-state index in [-0.39, 0.29) is 17.0 Å². The monoisotopic (exact) mass is 423 g/mol. The minimum absolute atomic E-state index is 0.00447. The van der Waals surface area contributed by atoms with Crippen LogP contribution in [0.2, 0.25) is 0 Å². The van der Waals surface area contributed by atoms with Crippen molar-refractivity contribution in [2.75, 3.05) is 26.3 Å². The van der Waals surface area contributed by atoms with Crippen molar-refractivity contribution in [2.24, 2.45) is 0 Å². The molecule has 154 valence electrons. The van der Waals surface area contributed by atoms with E-state index in [2.05, 4.69) is 4.90 Å². The van der Waals surface area contributed by atoms with Crippen molar-refractivity contribution in [3.05, 3.63) is 65.9 Å². The number of aromatic nitrogens is 1. The Hall–Kier alpha value is -2.99. The van der Waals surface area contributed by atoms with E-state index >= 15 is 0 Å². The van der Waals surface area contributed by atoms with Gasteiger partial charge in [0.15, 0.2) is 5.78 Å². The number of nitrogens with zero attached hydrogens (tertiary/aromatic N) is 3. The fourth-order valence-electron chi connectivity index (χ4n) is 3.72. The number of benzene rings is 2. The summed E-state index contributed by atoms with van der Waals surface area (Å²) in [5.74, 6) is -0.523. The van der Waals surface area contributed by atoms with E-state index < -0.39 is 15.8 Å². The van der Waals surface area contributed by atoms with Gasteiger partial charge in [-0.05, 0) is 29.8 Å². The predicted molar refractivity (Wildman–Crippen MR) is 112 cm³/mol. The molecule has 0 saturated carbocycles. The maximum Gasteiger partial charge on any atom is 0.268 e. The third-order valence-electron chi connectivity index (χ3n) is 5.20. The molecule has 1 aliphatic heterocycles. The molecule has 2 aromatic carbocycles. The molecule has 7 nitrogen and oxygen atoms in total. The molecule has 4 rings (SSSR count). The number of ketones is 1. The normalized spacial score (nSPS) is 15.2. The van der Waals surface area contributed by atoms with Gasteiger partial charge in [-0.3, -0.25) is 9.69 Å². The maximum atomic E-state index is 13.4. The van der Waals surface area contributed by atoms with Crippen LogP contribution in [0, 0.1) is 11.3 Å². The zero-order valence-electron chi connectivity index (χ0n) is 16.3. The molecule has 1 saturated heterocycles. The summed E-state index contributed by atoms with van der Waals surface area (Å²) >= 11 is 0. The number of carbonyl (C=O) groups is 1. The van der Waals surface area contributed by atoms with Gasteiger partial charge in [-0.2, -0.15) is 5.26 Å². The molecule has 1 fully saturated rings. The number of nitriles is 1. The lowest BCUT2D eigenvalue weighted by Gasteiger charge is -2.26. The summed E-state index contributed by atoms with van der Waals surface area (Å²) in [6.07, 6.45) is -0.389. The van der Waals surface area contributed by atoms with E-state index in [1.54, 1.807) is 36.4 Å². The van der Waals surface area contributed by atoms with Gasteiger partial charge >= 0.3 is 0 Å². The van der Waals surface area contributed by atoms with Crippen molar-refractivity contribution in [1.82, 2.24) is 8.87 Å². The van der Waals surface area contributed by atoms with Crippen molar-refractivity contribution < 1.29 is 17.9 Å². The Balaban J connectivity index is 1.89. The van der Waals surface area contributed by atoms with E-state index in [4.69, 9.17) is 10.00 Å². The Morgan fingerprint density at radius 2 is 1.80 bits per heavy atom. The van der Waals surface area contributed by atoms with Gasteiger partial charge in [-0.1, -0.05) is 30.3 Å². The lowest BCUT2D eigenvalue weighted by atomic mass is 10.1. The van der Waals surface area contributed by atoms with Crippen LogP contribution in [-0.2, 0) is 21.3 Å². The topological polar surface area (TPSA) is 92.4 Å². The van der Waals surface area contributed by atoms with Crippen molar-refractivity contribution in [3.8, 4) is 6.07 Å². The second-order valence-electron chi connectivity index (χ2n) is 7.11. The lowest BCUT2D eigenvalue weighted by molar-refractivity contribution is 0.0344. The average Bonchev–Trinajstić information content (AvgIpc) is 3.17. The van der Waals surface area contributed by atoms with Gasteiger partial charge in [0.2, 0.25) is 0 Å². The molecule has 0 unspecified atom stereocenters. The van der Waals surface area contributed by atoms with E-state index in [1.165, 1.54) is 12.1 Å². The number of hydrogen-bond donors (Lipinski definition) is 0. The molecular weight excluding hydrogens is 402 g/mol. The second kappa shape index (κ2) is 8.40. The summed E-state index contributed by atoms with van der Waals surface area (Å²) in [5.41, 5.74) is 1.37. The molecule has 8 heteroatoms. The van der Waals surface area contributed by atoms with Crippen LogP contribution in [-0.4, -0.2) is 49.4 Å². The van der Waals surface area contributed by atoms with Crippen molar-refractivity contribution in [2.45, 2.75) is 17.9 Å². The maximum absolute atomic E-state index is 13.4. The molecule has 0 radical (unpaired) electrons. The molecule has 3 aromatic rings. The number of rotatable bonds is 6. The van der Waals surface area contributed by atoms with Gasteiger partial charge in [0.25, 0.3) is 10.0 Å². The van der Waals surface area contributed by atoms with E-state index in [1.807, 2.05) is 12.1 Å². The number of fused-ring (bicyclic) bond motifs is 1. The Bertz CT molecular complexity index is 1220. The van der Waals surface area contributed by atoms with Crippen molar-refractivity contribution in [3.63, 3.8) is 0 Å². The summed E-state index contributed by atoms with van der Waals surface area (Å²) in [6, 6.07) is 16.9. The highest BCUT2D eigenvalue weighted by Crippen LogP contribution is 2.29. The first-order chi connectivity index (χ1) is 14.5. The van der Waals surface area contributed by atoms with Gasteiger partial charge in [-0.25, -0.2) is 12.4 Å². The minimum atomic E-state index is -4.01. The number of morpholine rings is 1. The largest absolute Gasteiger partial charge is 0.379 e. The van der Waals surface area contributed by atoms with Crippen LogP contribution in [0.3, 0.4) is 0 Å². The first-order valence-corrected chi connectivity index (χ1v) is 11.1. The SMILES string of the molecule is N#CCC(=O)c1cc2c(CN3CCOCC3)cccc2n1S(=O)(=O)c1ccccc1. The first-order valence-electron chi connectivity index (χ1n) is 9.66. The summed E-state index contributed by atoms with van der Waals surface area (Å²) in [7, 11) is -4.01. The summed E-state index contributed by atoms with van der Waals surface area (Å²) < 4.78 is 33.4. The quantitative estimate of drug-likeness (QED) is 0.566. The van der Waals surface area contributed by atoms with Gasteiger partial charge in [-0.15, -0.1) is 0 Å². The third kappa shape index (κ3) is 3.75. The number of hydrogen-bond acceptors (Lipinski definition) is 6. The van der Waals surface area contributed by atoms with Crippen LogP contribution >= 0.6 is 0 Å². The zero-order chi connectivity index (χ0) is 21.1. The molecule has 0 N–H and O–H groups in total. The molecule has 1 aromatic heterocycles. The molecule has 30 heavy (non-hydrogen) atoms. The van der Waals surface area contributed by atoms with E-state index in [0.29, 0.717) is 30.7 Å². The summed E-state index contributed by atoms with van der Waals surface area (Å²) in [5, 5.41) is 9.71. The Morgan fingerprint density at radius 1 is 1.07 bits per heavy atom. The van der Waals surface area contributed by atoms with Crippen LogP contribution in [0.15, 0.2) is 59.5 Å². The summed E-state index contributed by atoms with van der Waals surface area (Å²) in [4.78, 5) is 15.0. The number of Topliss-reactive ketones (excluding diaryl/α,β-unsaturated/α-hetero) is 1. The Morgan fingerprint density at radius 3 is 2.50 bits per heavy atom.